The smallest absolute Gasteiger partial charge is 0.328 e. The summed E-state index contributed by atoms with van der Waals surface area (Å²) in [5, 5.41) is 6.85. The van der Waals surface area contributed by atoms with E-state index in [9.17, 15) is 19.2 Å². The Morgan fingerprint density at radius 3 is 2.29 bits per heavy atom. The van der Waals surface area contributed by atoms with Gasteiger partial charge in [-0.3, -0.25) is 25.0 Å². The first-order valence-corrected chi connectivity index (χ1v) is 9.77. The quantitative estimate of drug-likeness (QED) is 0.466. The van der Waals surface area contributed by atoms with Gasteiger partial charge in [0.15, 0.2) is 12.4 Å². The maximum absolute atomic E-state index is 12.3. The summed E-state index contributed by atoms with van der Waals surface area (Å²) in [5.41, 5.74) is 2.71. The number of amides is 5. The molecule has 1 aliphatic rings. The van der Waals surface area contributed by atoms with Crippen molar-refractivity contribution in [2.75, 3.05) is 11.9 Å². The Hall–Kier alpha value is -3.36. The first-order valence-electron chi connectivity index (χ1n) is 9.02. The lowest BCUT2D eigenvalue weighted by molar-refractivity contribution is -0.124. The van der Waals surface area contributed by atoms with Crippen LogP contribution in [0.3, 0.4) is 0 Å². The average molecular weight is 462 g/mol. The van der Waals surface area contributed by atoms with Crippen molar-refractivity contribution in [3.8, 4) is 5.75 Å². The van der Waals surface area contributed by atoms with Crippen molar-refractivity contribution in [3.05, 3.63) is 62.6 Å². The number of urea groups is 1. The highest BCUT2D eigenvalue weighted by Crippen LogP contribution is 2.35. The van der Waals surface area contributed by atoms with Crippen LogP contribution in [0.25, 0.3) is 6.08 Å². The van der Waals surface area contributed by atoms with Gasteiger partial charge in [0, 0.05) is 5.69 Å². The lowest BCUT2D eigenvalue weighted by Gasteiger charge is -2.15. The monoisotopic (exact) mass is 461 g/mol. The molecule has 0 aliphatic carbocycles. The molecule has 31 heavy (non-hydrogen) atoms. The van der Waals surface area contributed by atoms with Crippen LogP contribution in [0.4, 0.5) is 10.5 Å². The van der Waals surface area contributed by atoms with Gasteiger partial charge >= 0.3 is 6.03 Å². The summed E-state index contributed by atoms with van der Waals surface area (Å²) < 4.78 is 5.47. The minimum atomic E-state index is -0.897. The number of barbiturate groups is 1. The zero-order valence-electron chi connectivity index (χ0n) is 16.5. The number of carbonyl (C=O) groups is 4. The largest absolute Gasteiger partial charge is 0.481 e. The van der Waals surface area contributed by atoms with E-state index < -0.39 is 23.8 Å². The molecule has 160 valence electrons. The molecule has 0 spiro atoms. The van der Waals surface area contributed by atoms with Gasteiger partial charge in [-0.2, -0.15) is 0 Å². The topological polar surface area (TPSA) is 114 Å². The van der Waals surface area contributed by atoms with Gasteiger partial charge in [0.2, 0.25) is 0 Å². The third kappa shape index (κ3) is 5.22. The highest BCUT2D eigenvalue weighted by Gasteiger charge is 2.27. The highest BCUT2D eigenvalue weighted by atomic mass is 35.5. The Morgan fingerprint density at radius 1 is 1.06 bits per heavy atom. The number of hydrogen-bond acceptors (Lipinski definition) is 5. The number of carbonyl (C=O) groups excluding carboxylic acids is 4. The summed E-state index contributed by atoms with van der Waals surface area (Å²) in [6.45, 7) is 3.51. The molecule has 1 fully saturated rings. The maximum Gasteiger partial charge on any atom is 0.328 e. The van der Waals surface area contributed by atoms with Crippen LogP contribution < -0.4 is 20.7 Å². The van der Waals surface area contributed by atoms with Gasteiger partial charge < -0.3 is 10.1 Å². The Morgan fingerprint density at radius 2 is 1.68 bits per heavy atom. The molecule has 8 nitrogen and oxygen atoms in total. The molecule has 0 radical (unpaired) electrons. The number of rotatable bonds is 5. The van der Waals surface area contributed by atoms with E-state index in [0.29, 0.717) is 11.3 Å². The van der Waals surface area contributed by atoms with Crippen LogP contribution in [0.1, 0.15) is 16.7 Å². The predicted octanol–water partition coefficient (Wildman–Crippen LogP) is 3.38. The molecule has 5 amide bonds. The molecule has 1 heterocycles. The summed E-state index contributed by atoms with van der Waals surface area (Å²) in [6.07, 6.45) is 1.23. The molecule has 2 aromatic rings. The van der Waals surface area contributed by atoms with Gasteiger partial charge in [-0.15, -0.1) is 0 Å². The molecule has 0 bridgehead atoms. The Labute approximate surface area is 187 Å². The van der Waals surface area contributed by atoms with Crippen LogP contribution >= 0.6 is 23.2 Å². The van der Waals surface area contributed by atoms with Gasteiger partial charge in [-0.25, -0.2) is 4.79 Å². The molecule has 0 aromatic heterocycles. The van der Waals surface area contributed by atoms with Gasteiger partial charge in [0.1, 0.15) is 5.57 Å². The minimum absolute atomic E-state index is 0.0755. The zero-order valence-corrected chi connectivity index (χ0v) is 18.0. The summed E-state index contributed by atoms with van der Waals surface area (Å²) in [6, 6.07) is 7.49. The number of benzene rings is 2. The number of nitrogens with one attached hydrogen (secondary N) is 3. The number of ether oxygens (including phenoxy) is 1. The second kappa shape index (κ2) is 9.20. The molecule has 3 rings (SSSR count). The number of anilines is 1. The van der Waals surface area contributed by atoms with Crippen molar-refractivity contribution in [2.45, 2.75) is 13.8 Å². The van der Waals surface area contributed by atoms with E-state index in [1.807, 2.05) is 36.6 Å². The third-order valence-corrected chi connectivity index (χ3v) is 5.06. The minimum Gasteiger partial charge on any atom is -0.481 e. The van der Waals surface area contributed by atoms with Crippen LogP contribution in [0.15, 0.2) is 35.9 Å². The summed E-state index contributed by atoms with van der Waals surface area (Å²) in [4.78, 5) is 47.0. The average Bonchev–Trinajstić information content (AvgIpc) is 2.67. The van der Waals surface area contributed by atoms with E-state index in [1.165, 1.54) is 18.2 Å². The molecule has 3 N–H and O–H groups in total. The van der Waals surface area contributed by atoms with Crippen LogP contribution in [0.5, 0.6) is 5.75 Å². The van der Waals surface area contributed by atoms with Gasteiger partial charge in [-0.05, 0) is 54.8 Å². The molecule has 0 unspecified atom stereocenters. The van der Waals surface area contributed by atoms with E-state index in [-0.39, 0.29) is 28.0 Å². The normalized spacial score (nSPS) is 13.4. The third-order valence-electron chi connectivity index (χ3n) is 4.50. The van der Waals surface area contributed by atoms with Gasteiger partial charge in [0.05, 0.1) is 10.0 Å². The molecule has 10 heteroatoms. The Kier molecular flexibility index (Phi) is 6.62. The molecular formula is C21H17Cl2N3O5. The summed E-state index contributed by atoms with van der Waals surface area (Å²) in [7, 11) is 0. The molecule has 0 atom stereocenters. The Bertz CT molecular complexity index is 1100. The lowest BCUT2D eigenvalue weighted by atomic mass is 10.1. The van der Waals surface area contributed by atoms with E-state index in [0.717, 1.165) is 11.1 Å². The van der Waals surface area contributed by atoms with Crippen molar-refractivity contribution in [1.29, 1.82) is 0 Å². The second-order valence-corrected chi connectivity index (χ2v) is 7.51. The standard InChI is InChI=1S/C21H17Cl2N3O5/c1-10-4-3-5-16(11(10)2)24-17(27)9-31-18-14(22)7-12(8-15(18)23)6-13-19(28)25-21(30)26-20(13)29/h3-8H,9H2,1-2H3,(H,24,27)(H2,25,26,28,29,30). The van der Waals surface area contributed by atoms with Crippen LogP contribution in [0, 0.1) is 13.8 Å². The molecule has 0 saturated carbocycles. The van der Waals surface area contributed by atoms with Crippen molar-refractivity contribution < 1.29 is 23.9 Å². The van der Waals surface area contributed by atoms with E-state index in [2.05, 4.69) is 5.32 Å². The fraction of sp³-hybridized carbons (Fsp3) is 0.143. The molecule has 2 aromatic carbocycles. The fourth-order valence-electron chi connectivity index (χ4n) is 2.78. The number of aryl methyl sites for hydroxylation is 1. The van der Waals surface area contributed by atoms with Crippen LogP contribution in [-0.4, -0.2) is 30.4 Å². The van der Waals surface area contributed by atoms with Crippen molar-refractivity contribution in [3.63, 3.8) is 0 Å². The number of imide groups is 2. The van der Waals surface area contributed by atoms with Crippen LogP contribution in [-0.2, 0) is 14.4 Å². The van der Waals surface area contributed by atoms with E-state index in [4.69, 9.17) is 27.9 Å². The first kappa shape index (κ1) is 22.3. The van der Waals surface area contributed by atoms with Gasteiger partial charge in [0.25, 0.3) is 17.7 Å². The molecule has 1 saturated heterocycles. The first-order chi connectivity index (χ1) is 14.7. The Balaban J connectivity index is 1.72. The van der Waals surface area contributed by atoms with Crippen molar-refractivity contribution >= 4 is 58.7 Å². The van der Waals surface area contributed by atoms with Crippen molar-refractivity contribution in [1.82, 2.24) is 10.6 Å². The summed E-state index contributed by atoms with van der Waals surface area (Å²) in [5.74, 6) is -2.00. The predicted molar refractivity (Wildman–Crippen MR) is 116 cm³/mol. The SMILES string of the molecule is Cc1cccc(NC(=O)COc2c(Cl)cc(C=C3C(=O)NC(=O)NC3=O)cc2Cl)c1C. The molecular weight excluding hydrogens is 445 g/mol. The summed E-state index contributed by atoms with van der Waals surface area (Å²) >= 11 is 12.4. The van der Waals surface area contributed by atoms with Crippen LogP contribution in [0.2, 0.25) is 10.0 Å². The maximum atomic E-state index is 12.3. The van der Waals surface area contributed by atoms with Crippen molar-refractivity contribution in [2.24, 2.45) is 0 Å². The molecule has 1 aliphatic heterocycles. The number of halogens is 2. The zero-order chi connectivity index (χ0) is 22.7. The highest BCUT2D eigenvalue weighted by molar-refractivity contribution is 6.37. The number of hydrogen-bond donors (Lipinski definition) is 3. The second-order valence-electron chi connectivity index (χ2n) is 6.69. The van der Waals surface area contributed by atoms with E-state index in [1.54, 1.807) is 6.07 Å². The van der Waals surface area contributed by atoms with E-state index >= 15 is 0 Å². The fourth-order valence-corrected chi connectivity index (χ4v) is 3.40. The van der Waals surface area contributed by atoms with Gasteiger partial charge in [-0.1, -0.05) is 35.3 Å². The lowest BCUT2D eigenvalue weighted by Crippen LogP contribution is -2.51.